The number of amides is 2. The molecule has 0 fully saturated rings. The molecule has 6 heteroatoms. The summed E-state index contributed by atoms with van der Waals surface area (Å²) >= 11 is 0. The summed E-state index contributed by atoms with van der Waals surface area (Å²) in [4.78, 5) is 20.7. The van der Waals surface area contributed by atoms with Crippen LogP contribution in [0.25, 0.3) is 0 Å². The SMILES string of the molecule is Cc1ccc(C)c(OCCN(C)C(=O)NCCc2ncc[nH]2)c1. The Balaban J connectivity index is 1.68. The van der Waals surface area contributed by atoms with Gasteiger partial charge in [-0.15, -0.1) is 0 Å². The third kappa shape index (κ3) is 5.32. The Hall–Kier alpha value is -2.50. The third-order valence-corrected chi connectivity index (χ3v) is 3.57. The first-order chi connectivity index (χ1) is 11.1. The molecule has 0 radical (unpaired) electrons. The van der Waals surface area contributed by atoms with E-state index >= 15 is 0 Å². The molecule has 1 aromatic carbocycles. The van der Waals surface area contributed by atoms with Gasteiger partial charge in [-0.2, -0.15) is 0 Å². The van der Waals surface area contributed by atoms with Gasteiger partial charge in [-0.1, -0.05) is 12.1 Å². The average molecular weight is 316 g/mol. The topological polar surface area (TPSA) is 70.2 Å². The number of urea groups is 1. The molecule has 0 bridgehead atoms. The average Bonchev–Trinajstić information content (AvgIpc) is 3.03. The standard InChI is InChI=1S/C17H24N4O2/c1-13-4-5-14(2)15(12-13)23-11-10-21(3)17(22)20-7-6-16-18-8-9-19-16/h4-5,8-9,12H,6-7,10-11H2,1-3H3,(H,18,19)(H,20,22). The summed E-state index contributed by atoms with van der Waals surface area (Å²) < 4.78 is 5.77. The van der Waals surface area contributed by atoms with Crippen molar-refractivity contribution >= 4 is 6.03 Å². The van der Waals surface area contributed by atoms with E-state index in [0.717, 1.165) is 22.7 Å². The Bertz CT molecular complexity index is 626. The minimum Gasteiger partial charge on any atom is -0.491 e. The van der Waals surface area contributed by atoms with Crippen LogP contribution >= 0.6 is 0 Å². The van der Waals surface area contributed by atoms with Crippen molar-refractivity contribution in [3.63, 3.8) is 0 Å². The molecule has 124 valence electrons. The third-order valence-electron chi connectivity index (χ3n) is 3.57. The Kier molecular flexibility index (Phi) is 6.02. The maximum Gasteiger partial charge on any atom is 0.317 e. The van der Waals surface area contributed by atoms with Crippen molar-refractivity contribution in [2.45, 2.75) is 20.3 Å². The van der Waals surface area contributed by atoms with E-state index in [2.05, 4.69) is 21.4 Å². The number of carbonyl (C=O) groups is 1. The highest BCUT2D eigenvalue weighted by Crippen LogP contribution is 2.18. The quantitative estimate of drug-likeness (QED) is 0.823. The summed E-state index contributed by atoms with van der Waals surface area (Å²) in [6.45, 7) is 5.59. The van der Waals surface area contributed by atoms with Crippen molar-refractivity contribution in [2.75, 3.05) is 26.7 Å². The van der Waals surface area contributed by atoms with E-state index in [9.17, 15) is 4.79 Å². The molecular weight excluding hydrogens is 292 g/mol. The number of hydrogen-bond donors (Lipinski definition) is 2. The number of imidazole rings is 1. The van der Waals surface area contributed by atoms with Crippen LogP contribution in [0, 0.1) is 13.8 Å². The molecule has 2 amide bonds. The number of aromatic amines is 1. The van der Waals surface area contributed by atoms with Gasteiger partial charge in [0.15, 0.2) is 0 Å². The molecule has 0 saturated heterocycles. The van der Waals surface area contributed by atoms with Gasteiger partial charge in [0, 0.05) is 32.4 Å². The lowest BCUT2D eigenvalue weighted by Crippen LogP contribution is -2.40. The maximum absolute atomic E-state index is 12.0. The molecule has 1 aromatic heterocycles. The van der Waals surface area contributed by atoms with Crippen LogP contribution in [0.4, 0.5) is 4.79 Å². The van der Waals surface area contributed by atoms with Gasteiger partial charge < -0.3 is 19.9 Å². The van der Waals surface area contributed by atoms with E-state index < -0.39 is 0 Å². The molecular formula is C17H24N4O2. The molecule has 0 spiro atoms. The second-order valence-electron chi connectivity index (χ2n) is 5.56. The zero-order valence-corrected chi connectivity index (χ0v) is 13.9. The highest BCUT2D eigenvalue weighted by molar-refractivity contribution is 5.73. The number of H-pyrrole nitrogens is 1. The molecule has 0 aliphatic heterocycles. The van der Waals surface area contributed by atoms with Gasteiger partial charge in [0.2, 0.25) is 0 Å². The molecule has 2 N–H and O–H groups in total. The molecule has 6 nitrogen and oxygen atoms in total. The van der Waals surface area contributed by atoms with Gasteiger partial charge in [0.1, 0.15) is 18.2 Å². The van der Waals surface area contributed by atoms with Crippen LogP contribution in [-0.2, 0) is 6.42 Å². The zero-order chi connectivity index (χ0) is 16.7. The largest absolute Gasteiger partial charge is 0.491 e. The number of ether oxygens (including phenoxy) is 1. The molecule has 2 rings (SSSR count). The molecule has 0 aliphatic carbocycles. The second kappa shape index (κ2) is 8.22. The predicted molar refractivity (Wildman–Crippen MR) is 89.7 cm³/mol. The smallest absolute Gasteiger partial charge is 0.317 e. The number of aromatic nitrogens is 2. The summed E-state index contributed by atoms with van der Waals surface area (Å²) in [6, 6.07) is 6.00. The van der Waals surface area contributed by atoms with Gasteiger partial charge in [-0.3, -0.25) is 0 Å². The zero-order valence-electron chi connectivity index (χ0n) is 13.9. The number of nitrogens with one attached hydrogen (secondary N) is 2. The minimum absolute atomic E-state index is 0.110. The fraction of sp³-hybridized carbons (Fsp3) is 0.412. The number of nitrogens with zero attached hydrogens (tertiary/aromatic N) is 2. The first-order valence-corrected chi connectivity index (χ1v) is 7.73. The Morgan fingerprint density at radius 1 is 1.39 bits per heavy atom. The van der Waals surface area contributed by atoms with Crippen LogP contribution in [-0.4, -0.2) is 47.6 Å². The van der Waals surface area contributed by atoms with Gasteiger partial charge in [0.25, 0.3) is 0 Å². The van der Waals surface area contributed by atoms with Crippen molar-refractivity contribution in [3.05, 3.63) is 47.5 Å². The minimum atomic E-state index is -0.110. The van der Waals surface area contributed by atoms with Crippen LogP contribution in [0.5, 0.6) is 5.75 Å². The number of likely N-dealkylation sites (N-methyl/N-ethyl adjacent to an activating group) is 1. The summed E-state index contributed by atoms with van der Waals surface area (Å²) in [6.07, 6.45) is 4.16. The van der Waals surface area contributed by atoms with Crippen molar-refractivity contribution in [1.82, 2.24) is 20.2 Å². The van der Waals surface area contributed by atoms with E-state index in [-0.39, 0.29) is 6.03 Å². The lowest BCUT2D eigenvalue weighted by Gasteiger charge is -2.18. The highest BCUT2D eigenvalue weighted by Gasteiger charge is 2.08. The number of carbonyl (C=O) groups excluding carboxylic acids is 1. The van der Waals surface area contributed by atoms with Crippen molar-refractivity contribution < 1.29 is 9.53 Å². The van der Waals surface area contributed by atoms with Crippen LogP contribution < -0.4 is 10.1 Å². The number of aryl methyl sites for hydroxylation is 2. The molecule has 2 aromatic rings. The van der Waals surface area contributed by atoms with E-state index in [1.165, 1.54) is 0 Å². The number of benzene rings is 1. The van der Waals surface area contributed by atoms with Crippen LogP contribution in [0.1, 0.15) is 17.0 Å². The molecule has 1 heterocycles. The second-order valence-corrected chi connectivity index (χ2v) is 5.56. The summed E-state index contributed by atoms with van der Waals surface area (Å²) in [7, 11) is 1.76. The summed E-state index contributed by atoms with van der Waals surface area (Å²) in [5, 5.41) is 2.86. The summed E-state index contributed by atoms with van der Waals surface area (Å²) in [5.41, 5.74) is 2.26. The molecule has 0 atom stereocenters. The van der Waals surface area contributed by atoms with Gasteiger partial charge in [-0.25, -0.2) is 9.78 Å². The molecule has 0 unspecified atom stereocenters. The lowest BCUT2D eigenvalue weighted by molar-refractivity contribution is 0.195. The Morgan fingerprint density at radius 2 is 2.22 bits per heavy atom. The van der Waals surface area contributed by atoms with E-state index in [1.54, 1.807) is 24.3 Å². The fourth-order valence-electron chi connectivity index (χ4n) is 2.11. The summed E-state index contributed by atoms with van der Waals surface area (Å²) in [5.74, 6) is 1.74. The van der Waals surface area contributed by atoms with Gasteiger partial charge >= 0.3 is 6.03 Å². The van der Waals surface area contributed by atoms with Crippen LogP contribution in [0.3, 0.4) is 0 Å². The Morgan fingerprint density at radius 3 is 2.96 bits per heavy atom. The monoisotopic (exact) mass is 316 g/mol. The first kappa shape index (κ1) is 16.9. The van der Waals surface area contributed by atoms with Crippen molar-refractivity contribution in [3.8, 4) is 5.75 Å². The van der Waals surface area contributed by atoms with E-state index in [1.807, 2.05) is 26.0 Å². The van der Waals surface area contributed by atoms with Crippen molar-refractivity contribution in [2.24, 2.45) is 0 Å². The highest BCUT2D eigenvalue weighted by atomic mass is 16.5. The maximum atomic E-state index is 12.0. The van der Waals surface area contributed by atoms with E-state index in [4.69, 9.17) is 4.74 Å². The van der Waals surface area contributed by atoms with Crippen LogP contribution in [0.2, 0.25) is 0 Å². The lowest BCUT2D eigenvalue weighted by atomic mass is 10.1. The van der Waals surface area contributed by atoms with Crippen LogP contribution in [0.15, 0.2) is 30.6 Å². The Labute approximate surface area is 136 Å². The normalized spacial score (nSPS) is 10.4. The first-order valence-electron chi connectivity index (χ1n) is 7.73. The van der Waals surface area contributed by atoms with Gasteiger partial charge in [0.05, 0.1) is 6.54 Å². The molecule has 0 saturated carbocycles. The number of rotatable bonds is 7. The van der Waals surface area contributed by atoms with Gasteiger partial charge in [-0.05, 0) is 31.0 Å². The fourth-order valence-corrected chi connectivity index (χ4v) is 2.11. The number of hydrogen-bond acceptors (Lipinski definition) is 3. The molecule has 23 heavy (non-hydrogen) atoms. The van der Waals surface area contributed by atoms with E-state index in [0.29, 0.717) is 26.1 Å². The van der Waals surface area contributed by atoms with Crippen molar-refractivity contribution in [1.29, 1.82) is 0 Å². The molecule has 0 aliphatic rings. The predicted octanol–water partition coefficient (Wildman–Crippen LogP) is 2.29.